The van der Waals surface area contributed by atoms with Gasteiger partial charge in [0.1, 0.15) is 17.3 Å². The number of rotatable bonds is 10. The molecule has 4 aromatic rings. The molecule has 1 aromatic heterocycles. The van der Waals surface area contributed by atoms with Crippen molar-refractivity contribution < 1.29 is 22.7 Å². The monoisotopic (exact) mass is 535 g/mol. The first kappa shape index (κ1) is 26.8. The van der Waals surface area contributed by atoms with Crippen LogP contribution in [0.3, 0.4) is 0 Å². The second kappa shape index (κ2) is 11.4. The first-order valence-electron chi connectivity index (χ1n) is 11.7. The van der Waals surface area contributed by atoms with Gasteiger partial charge in [-0.05, 0) is 44.4 Å². The van der Waals surface area contributed by atoms with Gasteiger partial charge < -0.3 is 25.0 Å². The normalized spacial score (nSPS) is 11.4. The maximum Gasteiger partial charge on any atom is 0.238 e. The van der Waals surface area contributed by atoms with Crippen molar-refractivity contribution in [3.05, 3.63) is 72.4 Å². The predicted molar refractivity (Wildman–Crippen MR) is 147 cm³/mol. The largest absolute Gasteiger partial charge is 0.497 e. The van der Waals surface area contributed by atoms with Crippen LogP contribution in [0.5, 0.6) is 11.5 Å². The fourth-order valence-electron chi connectivity index (χ4n) is 3.77. The van der Waals surface area contributed by atoms with Gasteiger partial charge in [-0.25, -0.2) is 18.4 Å². The van der Waals surface area contributed by atoms with E-state index in [4.69, 9.17) is 9.47 Å². The van der Waals surface area contributed by atoms with Crippen LogP contribution in [-0.4, -0.2) is 64.1 Å². The Morgan fingerprint density at radius 1 is 0.868 bits per heavy atom. The molecule has 3 aromatic carbocycles. The molecule has 0 aliphatic rings. The van der Waals surface area contributed by atoms with Crippen LogP contribution < -0.4 is 20.1 Å². The third-order valence-corrected chi connectivity index (χ3v) is 7.15. The Balaban J connectivity index is 1.69. The minimum atomic E-state index is -3.86. The van der Waals surface area contributed by atoms with Gasteiger partial charge in [0.15, 0.2) is 15.7 Å². The number of hydrogen-bond acceptors (Lipinski definition) is 9. The van der Waals surface area contributed by atoms with E-state index in [2.05, 4.69) is 20.6 Å². The van der Waals surface area contributed by atoms with Crippen molar-refractivity contribution in [2.75, 3.05) is 45.5 Å². The SMILES string of the molecule is COc1cc(Nc2nc3ccccc3nc2CS(=O)(=O)c2cccc(NC(=O)CN(C)C)c2)cc(OC)c1. The smallest absolute Gasteiger partial charge is 0.238 e. The first-order chi connectivity index (χ1) is 18.2. The molecule has 0 aliphatic carbocycles. The van der Waals surface area contributed by atoms with E-state index in [9.17, 15) is 13.2 Å². The Hall–Kier alpha value is -4.22. The molecular formula is C27H29N5O5S. The number of carbonyl (C=O) groups excluding carboxylic acids is 1. The van der Waals surface area contributed by atoms with E-state index in [1.165, 1.54) is 12.1 Å². The number of amides is 1. The van der Waals surface area contributed by atoms with Crippen LogP contribution in [0.2, 0.25) is 0 Å². The average molecular weight is 536 g/mol. The van der Waals surface area contributed by atoms with Crippen LogP contribution in [0.4, 0.5) is 17.2 Å². The molecule has 0 saturated carbocycles. The number of ether oxygens (including phenoxy) is 2. The summed E-state index contributed by atoms with van der Waals surface area (Å²) in [5.41, 5.74) is 2.40. The Labute approximate surface area is 221 Å². The molecular weight excluding hydrogens is 506 g/mol. The molecule has 11 heteroatoms. The van der Waals surface area contributed by atoms with Crippen molar-refractivity contribution in [3.63, 3.8) is 0 Å². The standard InChI is InChI=1S/C27H29N5O5S/c1-32(2)16-26(33)28-18-8-7-9-22(14-18)38(34,35)17-25-27(31-24-11-6-5-10-23(24)30-25)29-19-12-20(36-3)15-21(13-19)37-4/h5-15H,16-17H2,1-4H3,(H,28,33)(H,29,31). The highest BCUT2D eigenvalue weighted by molar-refractivity contribution is 7.90. The lowest BCUT2D eigenvalue weighted by molar-refractivity contribution is -0.116. The van der Waals surface area contributed by atoms with Crippen LogP contribution in [0, 0.1) is 0 Å². The van der Waals surface area contributed by atoms with Crippen LogP contribution in [0.15, 0.2) is 71.6 Å². The van der Waals surface area contributed by atoms with Crippen molar-refractivity contribution >= 4 is 44.0 Å². The lowest BCUT2D eigenvalue weighted by atomic mass is 10.2. The zero-order chi connectivity index (χ0) is 27.3. The molecule has 0 atom stereocenters. The molecule has 38 heavy (non-hydrogen) atoms. The lowest BCUT2D eigenvalue weighted by Crippen LogP contribution is -2.27. The number of carbonyl (C=O) groups is 1. The number of benzene rings is 3. The zero-order valence-corrected chi connectivity index (χ0v) is 22.4. The molecule has 0 fully saturated rings. The van der Waals surface area contributed by atoms with Gasteiger partial charge in [0.05, 0.1) is 42.4 Å². The summed E-state index contributed by atoms with van der Waals surface area (Å²) >= 11 is 0. The van der Waals surface area contributed by atoms with Crippen LogP contribution in [0.1, 0.15) is 5.69 Å². The van der Waals surface area contributed by atoms with E-state index in [-0.39, 0.29) is 28.9 Å². The second-order valence-corrected chi connectivity index (χ2v) is 10.8. The molecule has 0 spiro atoms. The first-order valence-corrected chi connectivity index (χ1v) is 13.4. The average Bonchev–Trinajstić information content (AvgIpc) is 2.88. The minimum Gasteiger partial charge on any atom is -0.497 e. The Morgan fingerprint density at radius 3 is 2.16 bits per heavy atom. The van der Waals surface area contributed by atoms with Gasteiger partial charge in [-0.3, -0.25) is 4.79 Å². The number of aromatic nitrogens is 2. The number of sulfone groups is 1. The van der Waals surface area contributed by atoms with Gasteiger partial charge in [0, 0.05) is 29.6 Å². The Kier molecular flexibility index (Phi) is 8.08. The van der Waals surface area contributed by atoms with E-state index in [0.717, 1.165) is 0 Å². The summed E-state index contributed by atoms with van der Waals surface area (Å²) in [4.78, 5) is 23.2. The molecule has 1 heterocycles. The molecule has 0 unspecified atom stereocenters. The molecule has 1 amide bonds. The van der Waals surface area contributed by atoms with Crippen molar-refractivity contribution in [2.24, 2.45) is 0 Å². The van der Waals surface area contributed by atoms with Gasteiger partial charge in [-0.1, -0.05) is 18.2 Å². The number of nitrogens with one attached hydrogen (secondary N) is 2. The third-order valence-electron chi connectivity index (χ3n) is 5.52. The highest BCUT2D eigenvalue weighted by atomic mass is 32.2. The maximum absolute atomic E-state index is 13.5. The van der Waals surface area contributed by atoms with E-state index in [0.29, 0.717) is 33.9 Å². The lowest BCUT2D eigenvalue weighted by Gasteiger charge is -2.15. The number of fused-ring (bicyclic) bond motifs is 1. The Bertz CT molecular complexity index is 1550. The number of hydrogen-bond donors (Lipinski definition) is 2. The van der Waals surface area contributed by atoms with Crippen molar-refractivity contribution in [1.29, 1.82) is 0 Å². The van der Waals surface area contributed by atoms with Crippen LogP contribution >= 0.6 is 0 Å². The fraction of sp³-hybridized carbons (Fsp3) is 0.222. The van der Waals surface area contributed by atoms with E-state index in [1.54, 1.807) is 75.7 Å². The van der Waals surface area contributed by atoms with Crippen molar-refractivity contribution in [3.8, 4) is 11.5 Å². The molecule has 10 nitrogen and oxygen atoms in total. The summed E-state index contributed by atoms with van der Waals surface area (Å²) in [6.07, 6.45) is 0. The quantitative estimate of drug-likeness (QED) is 0.312. The van der Waals surface area contributed by atoms with Crippen molar-refractivity contribution in [2.45, 2.75) is 10.6 Å². The zero-order valence-electron chi connectivity index (χ0n) is 21.6. The van der Waals surface area contributed by atoms with E-state index >= 15 is 0 Å². The molecule has 2 N–H and O–H groups in total. The number of methoxy groups -OCH3 is 2. The van der Waals surface area contributed by atoms with Crippen molar-refractivity contribution in [1.82, 2.24) is 14.9 Å². The molecule has 198 valence electrons. The maximum atomic E-state index is 13.5. The predicted octanol–water partition coefficient (Wildman–Crippen LogP) is 3.86. The van der Waals surface area contributed by atoms with Crippen LogP contribution in [0.25, 0.3) is 11.0 Å². The highest BCUT2D eigenvalue weighted by Crippen LogP contribution is 2.30. The highest BCUT2D eigenvalue weighted by Gasteiger charge is 2.21. The number of anilines is 3. The number of likely N-dealkylation sites (N-methyl/N-ethyl adjacent to an activating group) is 1. The number of para-hydroxylation sites is 2. The summed E-state index contributed by atoms with van der Waals surface area (Å²) in [5, 5.41) is 5.91. The summed E-state index contributed by atoms with van der Waals surface area (Å²) in [7, 11) is 2.78. The molecule has 0 bridgehead atoms. The molecule has 0 radical (unpaired) electrons. The Morgan fingerprint density at radius 2 is 1.53 bits per heavy atom. The van der Waals surface area contributed by atoms with Gasteiger partial charge in [-0.15, -0.1) is 0 Å². The van der Waals surface area contributed by atoms with Gasteiger partial charge >= 0.3 is 0 Å². The van der Waals surface area contributed by atoms with E-state index < -0.39 is 15.6 Å². The summed E-state index contributed by atoms with van der Waals surface area (Å²) < 4.78 is 37.7. The summed E-state index contributed by atoms with van der Waals surface area (Å²) in [5.74, 6) is 0.748. The molecule has 0 saturated heterocycles. The molecule has 0 aliphatic heterocycles. The van der Waals surface area contributed by atoms with Gasteiger partial charge in [0.25, 0.3) is 0 Å². The van der Waals surface area contributed by atoms with Gasteiger partial charge in [0.2, 0.25) is 5.91 Å². The number of nitrogens with zero attached hydrogens (tertiary/aromatic N) is 3. The van der Waals surface area contributed by atoms with Gasteiger partial charge in [-0.2, -0.15) is 0 Å². The fourth-order valence-corrected chi connectivity index (χ4v) is 5.09. The summed E-state index contributed by atoms with van der Waals surface area (Å²) in [6.45, 7) is 0.174. The molecule has 4 rings (SSSR count). The summed E-state index contributed by atoms with van der Waals surface area (Å²) in [6, 6.07) is 18.6. The second-order valence-electron chi connectivity index (χ2n) is 8.81. The van der Waals surface area contributed by atoms with E-state index in [1.807, 2.05) is 12.1 Å². The third kappa shape index (κ3) is 6.55. The topological polar surface area (TPSA) is 123 Å². The minimum absolute atomic E-state index is 0.0594. The van der Waals surface area contributed by atoms with Crippen LogP contribution in [-0.2, 0) is 20.4 Å².